The maximum atomic E-state index is 14.0. The summed E-state index contributed by atoms with van der Waals surface area (Å²) in [5, 5.41) is 7.99. The predicted octanol–water partition coefficient (Wildman–Crippen LogP) is 4.55. The van der Waals surface area contributed by atoms with E-state index >= 15 is 0 Å². The summed E-state index contributed by atoms with van der Waals surface area (Å²) in [6, 6.07) is 10.2. The molecule has 11 heteroatoms. The van der Waals surface area contributed by atoms with E-state index in [0.717, 1.165) is 44.6 Å². The van der Waals surface area contributed by atoms with Gasteiger partial charge in [-0.15, -0.1) is 0 Å². The molecule has 0 unspecified atom stereocenters. The van der Waals surface area contributed by atoms with E-state index in [2.05, 4.69) is 25.3 Å². The van der Waals surface area contributed by atoms with Crippen LogP contribution in [-0.2, 0) is 10.9 Å². The van der Waals surface area contributed by atoms with Crippen molar-refractivity contribution in [3.63, 3.8) is 0 Å². The van der Waals surface area contributed by atoms with Crippen LogP contribution in [0, 0.1) is 0 Å². The van der Waals surface area contributed by atoms with Crippen molar-refractivity contribution in [2.75, 3.05) is 36.5 Å². The molecule has 2 saturated heterocycles. The molecule has 0 radical (unpaired) electrons. The molecule has 8 nitrogen and oxygen atoms in total. The molecular weight excluding hydrogens is 459 g/mol. The Kier molecular flexibility index (Phi) is 5.43. The number of aromatic nitrogens is 5. The van der Waals surface area contributed by atoms with Crippen LogP contribution in [0.15, 0.2) is 36.4 Å². The summed E-state index contributed by atoms with van der Waals surface area (Å²) in [6.45, 7) is 3.10. The Balaban J connectivity index is 1.50. The Bertz CT molecular complexity index is 1380. The number of anilines is 2. The minimum atomic E-state index is -4.68. The van der Waals surface area contributed by atoms with Crippen LogP contribution < -0.4 is 10.2 Å². The van der Waals surface area contributed by atoms with Gasteiger partial charge < -0.3 is 15.0 Å². The van der Waals surface area contributed by atoms with E-state index in [1.54, 1.807) is 28.8 Å². The fourth-order valence-corrected chi connectivity index (χ4v) is 4.71. The van der Waals surface area contributed by atoms with E-state index in [9.17, 15) is 13.2 Å². The van der Waals surface area contributed by atoms with E-state index < -0.39 is 11.9 Å². The zero-order valence-electron chi connectivity index (χ0n) is 18.9. The molecule has 35 heavy (non-hydrogen) atoms. The van der Waals surface area contributed by atoms with Gasteiger partial charge in [0.05, 0.1) is 16.6 Å². The lowest BCUT2D eigenvalue weighted by atomic mass is 10.1. The molecule has 4 aromatic rings. The van der Waals surface area contributed by atoms with Crippen LogP contribution in [0.4, 0.5) is 24.9 Å². The van der Waals surface area contributed by atoms with Gasteiger partial charge in [-0.3, -0.25) is 0 Å². The lowest BCUT2D eigenvalue weighted by Crippen LogP contribution is -2.30. The average molecular weight is 483 g/mol. The summed E-state index contributed by atoms with van der Waals surface area (Å²) in [6.07, 6.45) is -0.868. The number of rotatable bonds is 4. The van der Waals surface area contributed by atoms with Crippen molar-refractivity contribution in [3.8, 4) is 11.4 Å². The van der Waals surface area contributed by atoms with Crippen molar-refractivity contribution >= 4 is 28.3 Å². The summed E-state index contributed by atoms with van der Waals surface area (Å²) in [5.41, 5.74) is -0.0254. The van der Waals surface area contributed by atoms with Gasteiger partial charge in [0, 0.05) is 38.4 Å². The Labute approximate surface area is 199 Å². The molecule has 3 aromatic heterocycles. The molecule has 0 atom stereocenters. The highest BCUT2D eigenvalue weighted by molar-refractivity contribution is 5.79. The molecule has 0 aliphatic carbocycles. The highest BCUT2D eigenvalue weighted by atomic mass is 19.4. The number of benzene rings is 1. The van der Waals surface area contributed by atoms with Crippen molar-refractivity contribution in [1.82, 2.24) is 24.6 Å². The van der Waals surface area contributed by atoms with Gasteiger partial charge in [-0.1, -0.05) is 12.1 Å². The van der Waals surface area contributed by atoms with Crippen LogP contribution in [0.3, 0.4) is 0 Å². The number of ether oxygens (including phenoxy) is 1. The molecule has 0 saturated carbocycles. The zero-order chi connectivity index (χ0) is 24.0. The Morgan fingerprint density at radius 1 is 0.943 bits per heavy atom. The maximum absolute atomic E-state index is 14.0. The third-order valence-corrected chi connectivity index (χ3v) is 6.50. The topological polar surface area (TPSA) is 80.5 Å². The minimum Gasteiger partial charge on any atom is -0.381 e. The quantitative estimate of drug-likeness (QED) is 0.456. The molecule has 0 bridgehead atoms. The average Bonchev–Trinajstić information content (AvgIpc) is 3.54. The first kappa shape index (κ1) is 22.0. The molecule has 2 fully saturated rings. The molecule has 2 aliphatic heterocycles. The Morgan fingerprint density at radius 2 is 1.66 bits per heavy atom. The molecular formula is C24H24F3N7O. The van der Waals surface area contributed by atoms with Gasteiger partial charge in [0.15, 0.2) is 5.69 Å². The zero-order valence-corrected chi connectivity index (χ0v) is 18.9. The van der Waals surface area contributed by atoms with Gasteiger partial charge in [-0.25, -0.2) is 9.97 Å². The smallest absolute Gasteiger partial charge is 0.381 e. The second-order valence-corrected chi connectivity index (χ2v) is 8.94. The Morgan fingerprint density at radius 3 is 2.37 bits per heavy atom. The van der Waals surface area contributed by atoms with Crippen LogP contribution >= 0.6 is 0 Å². The molecule has 5 heterocycles. The number of nitrogens with zero attached hydrogens (tertiary/aromatic N) is 6. The highest BCUT2D eigenvalue weighted by Crippen LogP contribution is 2.36. The van der Waals surface area contributed by atoms with E-state index in [1.165, 1.54) is 6.07 Å². The molecule has 6 rings (SSSR count). The van der Waals surface area contributed by atoms with Gasteiger partial charge in [0.25, 0.3) is 0 Å². The third-order valence-electron chi connectivity index (χ3n) is 6.50. The van der Waals surface area contributed by atoms with Crippen LogP contribution in [-0.4, -0.2) is 56.9 Å². The maximum Gasteiger partial charge on any atom is 0.435 e. The number of hydrogen-bond donors (Lipinski definition) is 1. The Hall–Kier alpha value is -3.47. The predicted molar refractivity (Wildman–Crippen MR) is 125 cm³/mol. The highest BCUT2D eigenvalue weighted by Gasteiger charge is 2.38. The number of nitrogens with one attached hydrogen (secondary N) is 1. The van der Waals surface area contributed by atoms with E-state index in [1.807, 2.05) is 6.07 Å². The van der Waals surface area contributed by atoms with Gasteiger partial charge in [-0.05, 0) is 43.9 Å². The summed E-state index contributed by atoms with van der Waals surface area (Å²) >= 11 is 0. The van der Waals surface area contributed by atoms with Crippen molar-refractivity contribution < 1.29 is 17.9 Å². The van der Waals surface area contributed by atoms with E-state index in [-0.39, 0.29) is 22.9 Å². The molecule has 0 spiro atoms. The van der Waals surface area contributed by atoms with E-state index in [4.69, 9.17) is 9.72 Å². The van der Waals surface area contributed by atoms with Crippen molar-refractivity contribution in [2.24, 2.45) is 0 Å². The summed E-state index contributed by atoms with van der Waals surface area (Å²) in [5.74, 6) is 1.29. The van der Waals surface area contributed by atoms with Crippen LogP contribution in [0.1, 0.15) is 31.4 Å². The first-order chi connectivity index (χ1) is 17.0. The molecule has 2 aliphatic rings. The first-order valence-electron chi connectivity index (χ1n) is 11.8. The molecule has 1 N–H and O–H groups in total. The number of fused-ring (bicyclic) bond motifs is 2. The van der Waals surface area contributed by atoms with Crippen molar-refractivity contribution in [3.05, 3.63) is 42.1 Å². The lowest BCUT2D eigenvalue weighted by Gasteiger charge is -2.25. The van der Waals surface area contributed by atoms with Gasteiger partial charge in [0.1, 0.15) is 17.2 Å². The minimum absolute atomic E-state index is 0.103. The second kappa shape index (κ2) is 8.63. The van der Waals surface area contributed by atoms with Gasteiger partial charge >= 0.3 is 6.18 Å². The van der Waals surface area contributed by atoms with Crippen LogP contribution in [0.25, 0.3) is 27.9 Å². The van der Waals surface area contributed by atoms with Crippen LogP contribution in [0.5, 0.6) is 0 Å². The molecule has 182 valence electrons. The normalized spacial score (nSPS) is 17.5. The number of alkyl halides is 3. The largest absolute Gasteiger partial charge is 0.435 e. The lowest BCUT2D eigenvalue weighted by molar-refractivity contribution is -0.140. The second-order valence-electron chi connectivity index (χ2n) is 8.94. The van der Waals surface area contributed by atoms with Gasteiger partial charge in [-0.2, -0.15) is 27.8 Å². The third kappa shape index (κ3) is 4.24. The fourth-order valence-electron chi connectivity index (χ4n) is 4.71. The van der Waals surface area contributed by atoms with Gasteiger partial charge in [0.2, 0.25) is 5.95 Å². The van der Waals surface area contributed by atoms with Crippen molar-refractivity contribution in [2.45, 2.75) is 37.9 Å². The van der Waals surface area contributed by atoms with Crippen LogP contribution in [0.2, 0.25) is 0 Å². The van der Waals surface area contributed by atoms with E-state index in [0.29, 0.717) is 30.2 Å². The number of hydrogen-bond acceptors (Lipinski definition) is 7. The number of halogens is 3. The summed E-state index contributed by atoms with van der Waals surface area (Å²) < 4.78 is 49.0. The number of para-hydroxylation sites is 2. The molecule has 1 aromatic carbocycles. The fraction of sp³-hybridized carbons (Fsp3) is 0.417. The summed E-state index contributed by atoms with van der Waals surface area (Å²) in [7, 11) is 0. The summed E-state index contributed by atoms with van der Waals surface area (Å²) in [4.78, 5) is 15.2. The molecule has 0 amide bonds. The monoisotopic (exact) mass is 483 g/mol. The standard InChI is InChI=1S/C24H24F3N7O/c25-24(26,27)22-21(29-17-5-1-2-6-18(17)30-22)19-13-16-14-20(33-9-3-4-10-33)31-23(34(16)32-19)28-15-7-11-35-12-8-15/h1-2,5-6,13-15H,3-4,7-12H2,(H,28,31). The first-order valence-corrected chi connectivity index (χ1v) is 11.8. The van der Waals surface area contributed by atoms with Crippen molar-refractivity contribution in [1.29, 1.82) is 0 Å². The SMILES string of the molecule is FC(F)(F)c1nc2ccccc2nc1-c1cc2cc(N3CCCC3)nc(NC3CCOCC3)n2n1.